The molecule has 0 radical (unpaired) electrons. The van der Waals surface area contributed by atoms with E-state index < -0.39 is 5.60 Å². The molecule has 0 fully saturated rings. The first-order chi connectivity index (χ1) is 10.9. The minimum Gasteiger partial charge on any atom is -0.445 e. The highest BCUT2D eigenvalue weighted by molar-refractivity contribution is 5.73. The molecule has 7 nitrogen and oxygen atoms in total. The second-order valence-electron chi connectivity index (χ2n) is 5.82. The number of ether oxygens (including phenoxy) is 1. The van der Waals surface area contributed by atoms with Gasteiger partial charge in [0, 0.05) is 12.1 Å². The van der Waals surface area contributed by atoms with E-state index in [1.807, 2.05) is 26.8 Å². The maximum Gasteiger partial charge on any atom is 0.410 e. The maximum atomic E-state index is 12.2. The lowest BCUT2D eigenvalue weighted by Crippen LogP contribution is -2.48. The fourth-order valence-corrected chi connectivity index (χ4v) is 2.07. The van der Waals surface area contributed by atoms with Gasteiger partial charge in [0.2, 0.25) is 5.89 Å². The zero-order chi connectivity index (χ0) is 17.5. The summed E-state index contributed by atoms with van der Waals surface area (Å²) < 4.78 is 10.7. The fraction of sp³-hybridized carbons (Fsp3) is 0.500. The highest BCUT2D eigenvalue weighted by atomic mass is 16.6. The first kappa shape index (κ1) is 18.9. The number of hydrogen-bond acceptors (Lipinski definition) is 6. The lowest BCUT2D eigenvalue weighted by atomic mass is 10.1. The van der Waals surface area contributed by atoms with Crippen LogP contribution in [0.15, 0.2) is 36.1 Å². The van der Waals surface area contributed by atoms with E-state index in [0.717, 1.165) is 5.57 Å². The lowest BCUT2D eigenvalue weighted by molar-refractivity contribution is 0.0172. The van der Waals surface area contributed by atoms with E-state index in [2.05, 4.69) is 23.6 Å². The third-order valence-corrected chi connectivity index (χ3v) is 2.81. The van der Waals surface area contributed by atoms with Crippen LogP contribution in [0.25, 0.3) is 5.57 Å². The number of nitrogens with zero attached hydrogens (tertiary/aromatic N) is 2. The highest BCUT2D eigenvalue weighted by Gasteiger charge is 2.29. The number of nitrogens with one attached hydrogen (secondary N) is 1. The summed E-state index contributed by atoms with van der Waals surface area (Å²) in [7, 11) is 1.53. The molecule has 128 valence electrons. The van der Waals surface area contributed by atoms with Crippen molar-refractivity contribution in [3.63, 3.8) is 0 Å². The van der Waals surface area contributed by atoms with Crippen LogP contribution in [-0.4, -0.2) is 47.8 Å². The molecular formula is C16H25N3O4. The molecule has 1 unspecified atom stereocenters. The normalized spacial score (nSPS) is 17.8. The van der Waals surface area contributed by atoms with Gasteiger partial charge < -0.3 is 18.9 Å². The molecule has 7 heteroatoms. The molecule has 0 saturated carbocycles. The first-order valence-electron chi connectivity index (χ1n) is 7.26. The molecule has 1 amide bonds. The van der Waals surface area contributed by atoms with Crippen LogP contribution in [0.3, 0.4) is 0 Å². The van der Waals surface area contributed by atoms with Crippen LogP contribution in [0, 0.1) is 0 Å². The summed E-state index contributed by atoms with van der Waals surface area (Å²) in [4.78, 5) is 22.9. The predicted octanol–water partition coefficient (Wildman–Crippen LogP) is 2.63. The lowest BCUT2D eigenvalue weighted by Gasteiger charge is -2.32. The molecule has 1 aromatic heterocycles. The molecule has 1 aliphatic heterocycles. The van der Waals surface area contributed by atoms with Gasteiger partial charge in [0.25, 0.3) is 0 Å². The number of hydrogen-bond donors (Lipinski definition) is 1. The molecular weight excluding hydrogens is 298 g/mol. The van der Waals surface area contributed by atoms with Crippen LogP contribution >= 0.6 is 0 Å². The summed E-state index contributed by atoms with van der Waals surface area (Å²) in [6, 6.07) is -0.154. The van der Waals surface area contributed by atoms with E-state index in [0.29, 0.717) is 19.0 Å². The van der Waals surface area contributed by atoms with Gasteiger partial charge in [0.15, 0.2) is 0 Å². The van der Waals surface area contributed by atoms with Gasteiger partial charge in [0.1, 0.15) is 11.9 Å². The molecule has 2 heterocycles. The van der Waals surface area contributed by atoms with Gasteiger partial charge >= 0.3 is 6.09 Å². The Labute approximate surface area is 136 Å². The monoisotopic (exact) mass is 323 g/mol. The van der Waals surface area contributed by atoms with Crippen LogP contribution < -0.4 is 5.48 Å². The van der Waals surface area contributed by atoms with E-state index in [-0.39, 0.29) is 12.1 Å². The van der Waals surface area contributed by atoms with E-state index in [1.165, 1.54) is 13.4 Å². The van der Waals surface area contributed by atoms with Crippen LogP contribution in [-0.2, 0) is 9.57 Å². The zero-order valence-electron chi connectivity index (χ0n) is 14.2. The highest BCUT2D eigenvalue weighted by Crippen LogP contribution is 2.21. The van der Waals surface area contributed by atoms with Crippen LogP contribution in [0.4, 0.5) is 4.79 Å². The number of carbonyl (C=O) groups excluding carboxylic acids is 1. The number of carbonyl (C=O) groups is 1. The maximum absolute atomic E-state index is 12.2. The molecule has 23 heavy (non-hydrogen) atoms. The molecule has 0 saturated heterocycles. The minimum atomic E-state index is -0.536. The number of oxazole rings is 1. The van der Waals surface area contributed by atoms with Crippen molar-refractivity contribution in [2.75, 3.05) is 20.2 Å². The average molecular weight is 323 g/mol. The van der Waals surface area contributed by atoms with Crippen molar-refractivity contribution in [1.29, 1.82) is 0 Å². The smallest absolute Gasteiger partial charge is 0.410 e. The molecule has 1 N–H and O–H groups in total. The Morgan fingerprint density at radius 1 is 1.48 bits per heavy atom. The molecule has 0 spiro atoms. The van der Waals surface area contributed by atoms with Gasteiger partial charge in [-0.15, -0.1) is 13.2 Å². The molecule has 0 aromatic carbocycles. The van der Waals surface area contributed by atoms with Crippen molar-refractivity contribution in [1.82, 2.24) is 15.4 Å². The molecule has 0 bridgehead atoms. The summed E-state index contributed by atoms with van der Waals surface area (Å²) >= 11 is 0. The van der Waals surface area contributed by atoms with Gasteiger partial charge in [-0.05, 0) is 20.8 Å². The molecule has 1 aliphatic rings. The standard InChI is InChI=1S/C14H21N3O4.C2H4/c1-14(2,3)21-13(18)17-8-10(12-15-5-6-20-12)7-11(9-17)16-19-4;1-2/h5-7,11,16H,8-9H2,1-4H3;1-2H2. The van der Waals surface area contributed by atoms with Crippen molar-refractivity contribution < 1.29 is 18.8 Å². The summed E-state index contributed by atoms with van der Waals surface area (Å²) in [6.45, 7) is 12.4. The van der Waals surface area contributed by atoms with Gasteiger partial charge in [0.05, 0.1) is 25.9 Å². The van der Waals surface area contributed by atoms with Crippen LogP contribution in [0.5, 0.6) is 0 Å². The molecule has 2 rings (SSSR count). The number of amides is 1. The van der Waals surface area contributed by atoms with Crippen molar-refractivity contribution in [3.8, 4) is 0 Å². The quantitative estimate of drug-likeness (QED) is 0.680. The second-order valence-corrected chi connectivity index (χ2v) is 5.82. The Hall–Kier alpha value is -2.12. The largest absolute Gasteiger partial charge is 0.445 e. The Balaban J connectivity index is 0.00000127. The average Bonchev–Trinajstić information content (AvgIpc) is 3.02. The van der Waals surface area contributed by atoms with Crippen molar-refractivity contribution in [2.45, 2.75) is 32.4 Å². The van der Waals surface area contributed by atoms with Crippen LogP contribution in [0.2, 0.25) is 0 Å². The number of aromatic nitrogens is 1. The Morgan fingerprint density at radius 3 is 2.70 bits per heavy atom. The molecule has 1 atom stereocenters. The zero-order valence-corrected chi connectivity index (χ0v) is 14.2. The minimum absolute atomic E-state index is 0.154. The molecule has 1 aromatic rings. The number of hydroxylamine groups is 1. The topological polar surface area (TPSA) is 76.8 Å². The van der Waals surface area contributed by atoms with E-state index in [1.54, 1.807) is 11.1 Å². The van der Waals surface area contributed by atoms with Gasteiger partial charge in [-0.1, -0.05) is 6.08 Å². The SMILES string of the molecule is C=C.CONC1C=C(c2ncco2)CN(C(=O)OC(C)(C)C)C1. The van der Waals surface area contributed by atoms with Gasteiger partial charge in [-0.3, -0.25) is 0 Å². The van der Waals surface area contributed by atoms with Gasteiger partial charge in [-0.25, -0.2) is 9.78 Å². The van der Waals surface area contributed by atoms with E-state index >= 15 is 0 Å². The summed E-state index contributed by atoms with van der Waals surface area (Å²) in [5, 5.41) is 0. The Morgan fingerprint density at radius 2 is 2.17 bits per heavy atom. The summed E-state index contributed by atoms with van der Waals surface area (Å²) in [5.74, 6) is 0.492. The van der Waals surface area contributed by atoms with E-state index in [9.17, 15) is 4.79 Å². The summed E-state index contributed by atoms with van der Waals surface area (Å²) in [5.41, 5.74) is 3.10. The van der Waals surface area contributed by atoms with Crippen molar-refractivity contribution >= 4 is 11.7 Å². The van der Waals surface area contributed by atoms with Gasteiger partial charge in [-0.2, -0.15) is 5.48 Å². The third-order valence-electron chi connectivity index (χ3n) is 2.81. The van der Waals surface area contributed by atoms with E-state index in [4.69, 9.17) is 14.0 Å². The van der Waals surface area contributed by atoms with Crippen molar-refractivity contribution in [2.24, 2.45) is 0 Å². The first-order valence-corrected chi connectivity index (χ1v) is 7.26. The van der Waals surface area contributed by atoms with Crippen molar-refractivity contribution in [3.05, 3.63) is 37.6 Å². The fourth-order valence-electron chi connectivity index (χ4n) is 2.07. The Kier molecular flexibility index (Phi) is 6.99. The third kappa shape index (κ3) is 5.88. The van der Waals surface area contributed by atoms with Crippen LogP contribution in [0.1, 0.15) is 26.7 Å². The second kappa shape index (κ2) is 8.50. The summed E-state index contributed by atoms with van der Waals surface area (Å²) in [6.07, 6.45) is 4.64. The number of rotatable bonds is 3. The predicted molar refractivity (Wildman–Crippen MR) is 87.5 cm³/mol. The Bertz CT molecular complexity index is 520. The molecule has 0 aliphatic carbocycles.